The van der Waals surface area contributed by atoms with E-state index in [1.807, 2.05) is 34.9 Å². The van der Waals surface area contributed by atoms with Crippen LogP contribution in [0.4, 0.5) is 4.79 Å². The molecule has 0 radical (unpaired) electrons. The minimum Gasteiger partial charge on any atom is -0.347 e. The first-order valence-electron chi connectivity index (χ1n) is 8.08. The maximum atomic E-state index is 12.7. The van der Waals surface area contributed by atoms with E-state index in [1.54, 1.807) is 0 Å². The molecule has 2 saturated heterocycles. The zero-order chi connectivity index (χ0) is 15.4. The van der Waals surface area contributed by atoms with Gasteiger partial charge in [-0.2, -0.15) is 0 Å². The lowest BCUT2D eigenvalue weighted by molar-refractivity contribution is -0.181. The highest BCUT2D eigenvalue weighted by Gasteiger charge is 2.41. The summed E-state index contributed by atoms with van der Waals surface area (Å²) < 4.78 is 11.4. The molecule has 0 N–H and O–H groups in total. The van der Waals surface area contributed by atoms with E-state index in [0.29, 0.717) is 39.4 Å². The van der Waals surface area contributed by atoms with Crippen molar-refractivity contribution >= 4 is 6.03 Å². The second-order valence-corrected chi connectivity index (χ2v) is 5.88. The quantitative estimate of drug-likeness (QED) is 0.861. The lowest BCUT2D eigenvalue weighted by Crippen LogP contribution is -2.51. The van der Waals surface area contributed by atoms with Crippen LogP contribution >= 0.6 is 0 Å². The molecule has 2 aliphatic rings. The van der Waals surface area contributed by atoms with Crippen LogP contribution in [0.1, 0.15) is 25.3 Å². The van der Waals surface area contributed by atoms with Gasteiger partial charge in [-0.1, -0.05) is 30.3 Å². The zero-order valence-electron chi connectivity index (χ0n) is 13.2. The van der Waals surface area contributed by atoms with Crippen LogP contribution in [0.3, 0.4) is 0 Å². The zero-order valence-corrected chi connectivity index (χ0v) is 13.2. The van der Waals surface area contributed by atoms with Crippen molar-refractivity contribution in [3.05, 3.63) is 35.9 Å². The Balaban J connectivity index is 1.58. The standard InChI is InChI=1S/C17H24N2O3/c1-2-18(14-15-6-4-3-5-7-15)16(20)19-10-8-17(9-11-19)21-12-13-22-17/h3-7H,2,8-14H2,1H3. The van der Waals surface area contributed by atoms with Gasteiger partial charge in [-0.15, -0.1) is 0 Å². The van der Waals surface area contributed by atoms with Crippen LogP contribution in [-0.4, -0.2) is 54.5 Å². The van der Waals surface area contributed by atoms with Gasteiger partial charge in [0.05, 0.1) is 13.2 Å². The largest absolute Gasteiger partial charge is 0.347 e. The molecule has 2 heterocycles. The lowest BCUT2D eigenvalue weighted by Gasteiger charge is -2.39. The summed E-state index contributed by atoms with van der Waals surface area (Å²) in [4.78, 5) is 16.5. The van der Waals surface area contributed by atoms with Gasteiger partial charge in [0.1, 0.15) is 0 Å². The number of carbonyl (C=O) groups excluding carboxylic acids is 1. The van der Waals surface area contributed by atoms with Gasteiger partial charge in [-0.05, 0) is 12.5 Å². The first kappa shape index (κ1) is 15.3. The Hall–Kier alpha value is -1.59. The maximum absolute atomic E-state index is 12.7. The number of benzene rings is 1. The van der Waals surface area contributed by atoms with Crippen molar-refractivity contribution in [2.24, 2.45) is 0 Å². The summed E-state index contributed by atoms with van der Waals surface area (Å²) in [5.41, 5.74) is 1.16. The normalized spacial score (nSPS) is 20.3. The van der Waals surface area contributed by atoms with Crippen molar-refractivity contribution in [2.45, 2.75) is 32.1 Å². The third-order valence-electron chi connectivity index (χ3n) is 4.48. The maximum Gasteiger partial charge on any atom is 0.320 e. The van der Waals surface area contributed by atoms with Crippen LogP contribution in [-0.2, 0) is 16.0 Å². The third-order valence-corrected chi connectivity index (χ3v) is 4.48. The average molecular weight is 304 g/mol. The Kier molecular flexibility index (Phi) is 4.64. The van der Waals surface area contributed by atoms with Gasteiger partial charge in [-0.25, -0.2) is 4.79 Å². The SMILES string of the molecule is CCN(Cc1ccccc1)C(=O)N1CCC2(CC1)OCCO2. The molecule has 5 heteroatoms. The number of piperidine rings is 1. The van der Waals surface area contributed by atoms with Gasteiger partial charge in [0.15, 0.2) is 5.79 Å². The molecule has 0 aliphatic carbocycles. The van der Waals surface area contributed by atoms with E-state index in [0.717, 1.165) is 18.4 Å². The Morgan fingerprint density at radius 3 is 2.41 bits per heavy atom. The molecule has 1 aromatic rings. The summed E-state index contributed by atoms with van der Waals surface area (Å²) in [6, 6.07) is 10.2. The second kappa shape index (κ2) is 6.67. The van der Waals surface area contributed by atoms with E-state index < -0.39 is 5.79 Å². The smallest absolute Gasteiger partial charge is 0.320 e. The minimum atomic E-state index is -0.423. The fourth-order valence-electron chi connectivity index (χ4n) is 3.14. The van der Waals surface area contributed by atoms with E-state index in [1.165, 1.54) is 0 Å². The molecular weight excluding hydrogens is 280 g/mol. The molecule has 0 saturated carbocycles. The molecule has 2 fully saturated rings. The molecule has 1 aromatic carbocycles. The Morgan fingerprint density at radius 2 is 1.82 bits per heavy atom. The molecule has 0 aromatic heterocycles. The van der Waals surface area contributed by atoms with Gasteiger partial charge in [0.2, 0.25) is 0 Å². The number of likely N-dealkylation sites (tertiary alicyclic amines) is 1. The van der Waals surface area contributed by atoms with Crippen LogP contribution < -0.4 is 0 Å². The molecule has 0 bridgehead atoms. The van der Waals surface area contributed by atoms with Crippen LogP contribution in [0.2, 0.25) is 0 Å². The molecule has 2 aliphatic heterocycles. The summed E-state index contributed by atoms with van der Waals surface area (Å²) in [5, 5.41) is 0. The fourth-order valence-corrected chi connectivity index (χ4v) is 3.14. The highest BCUT2D eigenvalue weighted by atomic mass is 16.7. The molecule has 22 heavy (non-hydrogen) atoms. The number of hydrogen-bond acceptors (Lipinski definition) is 3. The molecule has 5 nitrogen and oxygen atoms in total. The lowest BCUT2D eigenvalue weighted by atomic mass is 10.0. The first-order valence-corrected chi connectivity index (χ1v) is 8.08. The molecule has 2 amide bonds. The minimum absolute atomic E-state index is 0.110. The summed E-state index contributed by atoms with van der Waals surface area (Å²) in [6.07, 6.45) is 1.53. The fraction of sp³-hybridized carbons (Fsp3) is 0.588. The van der Waals surface area contributed by atoms with Crippen LogP contribution in [0, 0.1) is 0 Å². The van der Waals surface area contributed by atoms with Crippen molar-refractivity contribution in [3.63, 3.8) is 0 Å². The number of urea groups is 1. The monoisotopic (exact) mass is 304 g/mol. The van der Waals surface area contributed by atoms with Crippen molar-refractivity contribution in [1.29, 1.82) is 0 Å². The van der Waals surface area contributed by atoms with E-state index in [4.69, 9.17) is 9.47 Å². The van der Waals surface area contributed by atoms with Gasteiger partial charge >= 0.3 is 6.03 Å². The number of carbonyl (C=O) groups is 1. The number of amides is 2. The van der Waals surface area contributed by atoms with Crippen molar-refractivity contribution in [1.82, 2.24) is 9.80 Å². The molecule has 1 spiro atoms. The second-order valence-electron chi connectivity index (χ2n) is 5.88. The summed E-state index contributed by atoms with van der Waals surface area (Å²) in [5.74, 6) is -0.423. The first-order chi connectivity index (χ1) is 10.7. The highest BCUT2D eigenvalue weighted by Crippen LogP contribution is 2.31. The Bertz CT molecular complexity index is 490. The average Bonchev–Trinajstić information content (AvgIpc) is 3.02. The Labute approximate surface area is 131 Å². The van der Waals surface area contributed by atoms with E-state index >= 15 is 0 Å². The predicted molar refractivity (Wildman–Crippen MR) is 83.4 cm³/mol. The molecular formula is C17H24N2O3. The van der Waals surface area contributed by atoms with Crippen LogP contribution in [0.5, 0.6) is 0 Å². The molecule has 0 unspecified atom stereocenters. The van der Waals surface area contributed by atoms with E-state index in [2.05, 4.69) is 12.1 Å². The van der Waals surface area contributed by atoms with Crippen molar-refractivity contribution in [2.75, 3.05) is 32.8 Å². The van der Waals surface area contributed by atoms with Crippen molar-refractivity contribution in [3.8, 4) is 0 Å². The topological polar surface area (TPSA) is 42.0 Å². The number of ether oxygens (including phenoxy) is 2. The van der Waals surface area contributed by atoms with Gasteiger partial charge in [0, 0.05) is 39.0 Å². The molecule has 120 valence electrons. The van der Waals surface area contributed by atoms with Gasteiger partial charge in [-0.3, -0.25) is 0 Å². The highest BCUT2D eigenvalue weighted by molar-refractivity contribution is 5.74. The van der Waals surface area contributed by atoms with Gasteiger partial charge < -0.3 is 19.3 Å². The number of hydrogen-bond donors (Lipinski definition) is 0. The molecule has 3 rings (SSSR count). The van der Waals surface area contributed by atoms with E-state index in [9.17, 15) is 4.79 Å². The summed E-state index contributed by atoms with van der Waals surface area (Å²) >= 11 is 0. The molecule has 0 atom stereocenters. The van der Waals surface area contributed by atoms with Crippen LogP contribution in [0.15, 0.2) is 30.3 Å². The van der Waals surface area contributed by atoms with E-state index in [-0.39, 0.29) is 6.03 Å². The summed E-state index contributed by atoms with van der Waals surface area (Å²) in [6.45, 7) is 6.13. The third kappa shape index (κ3) is 3.25. The Morgan fingerprint density at radius 1 is 1.18 bits per heavy atom. The number of rotatable bonds is 3. The number of nitrogens with zero attached hydrogens (tertiary/aromatic N) is 2. The summed E-state index contributed by atoms with van der Waals surface area (Å²) in [7, 11) is 0. The van der Waals surface area contributed by atoms with Crippen molar-refractivity contribution < 1.29 is 14.3 Å². The predicted octanol–water partition coefficient (Wildman–Crippen LogP) is 2.47. The van der Waals surface area contributed by atoms with Crippen LogP contribution in [0.25, 0.3) is 0 Å². The van der Waals surface area contributed by atoms with Gasteiger partial charge in [0.25, 0.3) is 0 Å².